The van der Waals surface area contributed by atoms with E-state index < -0.39 is 0 Å². The fourth-order valence-corrected chi connectivity index (χ4v) is 1.45. The minimum absolute atomic E-state index is 0.262. The molecule has 0 unspecified atom stereocenters. The maximum absolute atomic E-state index is 13.4. The van der Waals surface area contributed by atoms with Crippen LogP contribution in [0.4, 0.5) is 4.39 Å². The summed E-state index contributed by atoms with van der Waals surface area (Å²) >= 11 is 0. The zero-order valence-electron chi connectivity index (χ0n) is 8.58. The van der Waals surface area contributed by atoms with E-state index in [1.807, 2.05) is 0 Å². The second-order valence-corrected chi connectivity index (χ2v) is 3.28. The van der Waals surface area contributed by atoms with Crippen molar-refractivity contribution in [2.75, 3.05) is 7.11 Å². The van der Waals surface area contributed by atoms with Gasteiger partial charge in [0.05, 0.1) is 18.9 Å². The van der Waals surface area contributed by atoms with Crippen LogP contribution in [0.15, 0.2) is 34.9 Å². The molecule has 0 atom stereocenters. The van der Waals surface area contributed by atoms with E-state index in [2.05, 4.69) is 0 Å². The number of ether oxygens (including phenoxy) is 1. The SMILES string of the molecule is COc1cc(C)c(F)cc1-c1ccco1. The van der Waals surface area contributed by atoms with Crippen molar-refractivity contribution in [2.45, 2.75) is 6.92 Å². The minimum Gasteiger partial charge on any atom is -0.496 e. The molecule has 1 aromatic heterocycles. The summed E-state index contributed by atoms with van der Waals surface area (Å²) in [6.45, 7) is 1.70. The van der Waals surface area contributed by atoms with Gasteiger partial charge in [-0.05, 0) is 36.8 Å². The Bertz CT molecular complexity index is 461. The summed E-state index contributed by atoms with van der Waals surface area (Å²) in [6.07, 6.45) is 1.55. The average molecular weight is 206 g/mol. The molecule has 3 heteroatoms. The van der Waals surface area contributed by atoms with Crippen molar-refractivity contribution in [3.8, 4) is 17.1 Å². The third kappa shape index (κ3) is 1.73. The normalized spacial score (nSPS) is 10.3. The molecule has 1 heterocycles. The number of methoxy groups -OCH3 is 1. The van der Waals surface area contributed by atoms with Crippen LogP contribution in [-0.2, 0) is 0 Å². The Kier molecular flexibility index (Phi) is 2.46. The Balaban J connectivity index is 2.60. The van der Waals surface area contributed by atoms with E-state index in [0.717, 1.165) is 0 Å². The van der Waals surface area contributed by atoms with Crippen molar-refractivity contribution in [3.05, 3.63) is 41.9 Å². The molecule has 0 fully saturated rings. The van der Waals surface area contributed by atoms with Crippen LogP contribution in [0, 0.1) is 12.7 Å². The number of hydrogen-bond acceptors (Lipinski definition) is 2. The first-order chi connectivity index (χ1) is 7.22. The van der Waals surface area contributed by atoms with Gasteiger partial charge in [0.2, 0.25) is 0 Å². The number of benzene rings is 1. The van der Waals surface area contributed by atoms with Gasteiger partial charge in [-0.3, -0.25) is 0 Å². The monoisotopic (exact) mass is 206 g/mol. The lowest BCUT2D eigenvalue weighted by atomic mass is 10.1. The van der Waals surface area contributed by atoms with Gasteiger partial charge in [0.15, 0.2) is 0 Å². The Labute approximate surface area is 87.3 Å². The molecule has 0 aliphatic heterocycles. The molecule has 2 aromatic rings. The van der Waals surface area contributed by atoms with E-state index in [-0.39, 0.29) is 5.82 Å². The summed E-state index contributed by atoms with van der Waals surface area (Å²) in [5.41, 5.74) is 1.19. The van der Waals surface area contributed by atoms with Crippen molar-refractivity contribution in [2.24, 2.45) is 0 Å². The Morgan fingerprint density at radius 2 is 2.13 bits per heavy atom. The van der Waals surface area contributed by atoms with Gasteiger partial charge >= 0.3 is 0 Å². The molecule has 78 valence electrons. The van der Waals surface area contributed by atoms with Crippen molar-refractivity contribution < 1.29 is 13.5 Å². The molecule has 1 aromatic carbocycles. The van der Waals surface area contributed by atoms with Gasteiger partial charge in [-0.2, -0.15) is 0 Å². The third-order valence-corrected chi connectivity index (χ3v) is 2.27. The lowest BCUT2D eigenvalue weighted by molar-refractivity contribution is 0.413. The molecule has 0 aliphatic carbocycles. The van der Waals surface area contributed by atoms with Gasteiger partial charge in [0.1, 0.15) is 17.3 Å². The highest BCUT2D eigenvalue weighted by Gasteiger charge is 2.11. The van der Waals surface area contributed by atoms with Gasteiger partial charge in [-0.1, -0.05) is 0 Å². The van der Waals surface area contributed by atoms with Gasteiger partial charge < -0.3 is 9.15 Å². The van der Waals surface area contributed by atoms with Crippen LogP contribution in [-0.4, -0.2) is 7.11 Å². The molecule has 2 rings (SSSR count). The summed E-state index contributed by atoms with van der Waals surface area (Å²) in [5.74, 6) is 0.955. The van der Waals surface area contributed by atoms with Crippen LogP contribution >= 0.6 is 0 Å². The van der Waals surface area contributed by atoms with Crippen molar-refractivity contribution >= 4 is 0 Å². The summed E-state index contributed by atoms with van der Waals surface area (Å²) in [4.78, 5) is 0. The molecule has 15 heavy (non-hydrogen) atoms. The second kappa shape index (κ2) is 3.77. The van der Waals surface area contributed by atoms with Crippen molar-refractivity contribution in [1.82, 2.24) is 0 Å². The van der Waals surface area contributed by atoms with Gasteiger partial charge in [0.25, 0.3) is 0 Å². The van der Waals surface area contributed by atoms with Crippen LogP contribution in [0.25, 0.3) is 11.3 Å². The van der Waals surface area contributed by atoms with Crippen LogP contribution < -0.4 is 4.74 Å². The fourth-order valence-electron chi connectivity index (χ4n) is 1.45. The standard InChI is InChI=1S/C12H11FO2/c1-8-6-12(14-2)9(7-10(8)13)11-4-3-5-15-11/h3-7H,1-2H3. The fraction of sp³-hybridized carbons (Fsp3) is 0.167. The van der Waals surface area contributed by atoms with Crippen molar-refractivity contribution in [1.29, 1.82) is 0 Å². The van der Waals surface area contributed by atoms with Gasteiger partial charge in [-0.15, -0.1) is 0 Å². The highest BCUT2D eigenvalue weighted by molar-refractivity contribution is 5.66. The molecule has 0 bridgehead atoms. The molecular formula is C12H11FO2. The highest BCUT2D eigenvalue weighted by atomic mass is 19.1. The topological polar surface area (TPSA) is 22.4 Å². The minimum atomic E-state index is -0.262. The molecule has 0 saturated heterocycles. The van der Waals surface area contributed by atoms with Crippen LogP contribution in [0.3, 0.4) is 0 Å². The molecule has 0 spiro atoms. The van der Waals surface area contributed by atoms with E-state index in [1.165, 1.54) is 6.07 Å². The molecule has 0 radical (unpaired) electrons. The van der Waals surface area contributed by atoms with Gasteiger partial charge in [-0.25, -0.2) is 4.39 Å². The zero-order valence-corrected chi connectivity index (χ0v) is 8.58. The number of aryl methyl sites for hydroxylation is 1. The van der Waals surface area contributed by atoms with Gasteiger partial charge in [0, 0.05) is 0 Å². The molecular weight excluding hydrogens is 195 g/mol. The third-order valence-electron chi connectivity index (χ3n) is 2.27. The quantitative estimate of drug-likeness (QED) is 0.751. The second-order valence-electron chi connectivity index (χ2n) is 3.28. The van der Waals surface area contributed by atoms with Crippen LogP contribution in [0.5, 0.6) is 5.75 Å². The van der Waals surface area contributed by atoms with E-state index in [9.17, 15) is 4.39 Å². The Morgan fingerprint density at radius 1 is 1.33 bits per heavy atom. The molecule has 0 saturated carbocycles. The summed E-state index contributed by atoms with van der Waals surface area (Å²) in [5, 5.41) is 0. The highest BCUT2D eigenvalue weighted by Crippen LogP contribution is 2.32. The molecule has 2 nitrogen and oxygen atoms in total. The van der Waals surface area contributed by atoms with E-state index in [4.69, 9.17) is 9.15 Å². The first-order valence-corrected chi connectivity index (χ1v) is 4.60. The summed E-state index contributed by atoms with van der Waals surface area (Å²) in [6, 6.07) is 6.61. The largest absolute Gasteiger partial charge is 0.496 e. The first-order valence-electron chi connectivity index (χ1n) is 4.60. The maximum Gasteiger partial charge on any atom is 0.137 e. The Hall–Kier alpha value is -1.77. The summed E-state index contributed by atoms with van der Waals surface area (Å²) < 4.78 is 23.8. The number of halogens is 1. The molecule has 0 amide bonds. The molecule has 0 N–H and O–H groups in total. The number of furan rings is 1. The number of rotatable bonds is 2. The lowest BCUT2D eigenvalue weighted by Gasteiger charge is -2.07. The zero-order chi connectivity index (χ0) is 10.8. The van der Waals surface area contributed by atoms with E-state index in [0.29, 0.717) is 22.6 Å². The van der Waals surface area contributed by atoms with E-state index >= 15 is 0 Å². The predicted octanol–water partition coefficient (Wildman–Crippen LogP) is 3.40. The molecule has 0 aliphatic rings. The predicted molar refractivity (Wildman–Crippen MR) is 55.4 cm³/mol. The Morgan fingerprint density at radius 3 is 2.73 bits per heavy atom. The van der Waals surface area contributed by atoms with Crippen LogP contribution in [0.2, 0.25) is 0 Å². The first kappa shape index (κ1) is 9.77. The average Bonchev–Trinajstić information content (AvgIpc) is 2.74. The smallest absolute Gasteiger partial charge is 0.137 e. The van der Waals surface area contributed by atoms with E-state index in [1.54, 1.807) is 38.5 Å². The van der Waals surface area contributed by atoms with Crippen molar-refractivity contribution in [3.63, 3.8) is 0 Å². The number of hydrogen-bond donors (Lipinski definition) is 0. The van der Waals surface area contributed by atoms with Crippen LogP contribution in [0.1, 0.15) is 5.56 Å². The summed E-state index contributed by atoms with van der Waals surface area (Å²) in [7, 11) is 1.55. The maximum atomic E-state index is 13.4. The lowest BCUT2D eigenvalue weighted by Crippen LogP contribution is -1.91.